The van der Waals surface area contributed by atoms with Crippen molar-refractivity contribution in [3.8, 4) is 5.95 Å². The van der Waals surface area contributed by atoms with Crippen molar-refractivity contribution in [2.24, 2.45) is 0 Å². The predicted octanol–water partition coefficient (Wildman–Crippen LogP) is 3.28. The van der Waals surface area contributed by atoms with Gasteiger partial charge in [0.25, 0.3) is 11.9 Å². The van der Waals surface area contributed by atoms with Crippen molar-refractivity contribution >= 4 is 28.8 Å². The van der Waals surface area contributed by atoms with E-state index in [9.17, 15) is 18.0 Å². The second-order valence-electron chi connectivity index (χ2n) is 5.13. The third-order valence-corrected chi connectivity index (χ3v) is 4.38. The summed E-state index contributed by atoms with van der Waals surface area (Å²) in [5, 5.41) is 8.23. The summed E-state index contributed by atoms with van der Waals surface area (Å²) in [5.74, 6) is -0.201. The normalized spacial score (nSPS) is 12.8. The number of aromatic nitrogens is 5. The lowest BCUT2D eigenvalue weighted by molar-refractivity contribution is -0.138. The number of thiophene rings is 1. The number of hydrogen-bond acceptors (Lipinski definition) is 6. The van der Waals surface area contributed by atoms with E-state index in [-0.39, 0.29) is 17.7 Å². The molecular weight excluding hydrogens is 393 g/mol. The summed E-state index contributed by atoms with van der Waals surface area (Å²) in [5.41, 5.74) is -0.581. The lowest BCUT2D eigenvalue weighted by Gasteiger charge is -2.13. The van der Waals surface area contributed by atoms with Gasteiger partial charge in [0, 0.05) is 17.8 Å². The highest BCUT2D eigenvalue weighted by atomic mass is 35.5. The van der Waals surface area contributed by atoms with E-state index in [4.69, 9.17) is 11.6 Å². The number of alkyl halides is 3. The molecule has 1 N–H and O–H groups in total. The maximum absolute atomic E-state index is 12.6. The van der Waals surface area contributed by atoms with Crippen LogP contribution in [0.5, 0.6) is 0 Å². The third kappa shape index (κ3) is 3.83. The first-order chi connectivity index (χ1) is 12.3. The Balaban J connectivity index is 1.80. The molecule has 0 saturated carbocycles. The molecule has 0 fully saturated rings. The summed E-state index contributed by atoms with van der Waals surface area (Å²) >= 11 is 7.03. The molecule has 3 rings (SSSR count). The largest absolute Gasteiger partial charge is 0.419 e. The van der Waals surface area contributed by atoms with Crippen molar-refractivity contribution < 1.29 is 18.0 Å². The highest BCUT2D eigenvalue weighted by Gasteiger charge is 2.31. The molecular formula is C14H10ClF3N6OS. The Kier molecular flexibility index (Phi) is 4.92. The van der Waals surface area contributed by atoms with Crippen molar-refractivity contribution in [2.75, 3.05) is 0 Å². The number of carbonyl (C=O) groups excluding carboxylic acids is 1. The van der Waals surface area contributed by atoms with Crippen LogP contribution in [0.1, 0.15) is 34.7 Å². The Morgan fingerprint density at radius 2 is 2.00 bits per heavy atom. The Labute approximate surface area is 153 Å². The summed E-state index contributed by atoms with van der Waals surface area (Å²) < 4.78 is 39.4. The van der Waals surface area contributed by atoms with Crippen LogP contribution >= 0.6 is 22.9 Å². The van der Waals surface area contributed by atoms with Crippen LogP contribution in [0, 0.1) is 0 Å². The molecule has 0 radical (unpaired) electrons. The minimum Gasteiger partial charge on any atom is -0.342 e. The highest BCUT2D eigenvalue weighted by molar-refractivity contribution is 7.14. The van der Waals surface area contributed by atoms with Gasteiger partial charge in [0.1, 0.15) is 6.33 Å². The zero-order valence-electron chi connectivity index (χ0n) is 13.0. The summed E-state index contributed by atoms with van der Waals surface area (Å²) in [6, 6.07) is 0.924. The Hall–Kier alpha value is -2.53. The van der Waals surface area contributed by atoms with Crippen LogP contribution in [0.3, 0.4) is 0 Å². The summed E-state index contributed by atoms with van der Waals surface area (Å²) in [6.45, 7) is 1.65. The van der Waals surface area contributed by atoms with Gasteiger partial charge in [-0.05, 0) is 13.0 Å². The van der Waals surface area contributed by atoms with Crippen LogP contribution in [-0.4, -0.2) is 30.6 Å². The molecule has 3 aromatic heterocycles. The van der Waals surface area contributed by atoms with E-state index in [1.807, 2.05) is 0 Å². The van der Waals surface area contributed by atoms with E-state index in [1.165, 1.54) is 23.7 Å². The van der Waals surface area contributed by atoms with E-state index in [1.54, 1.807) is 12.3 Å². The Bertz CT molecular complexity index is 923. The molecule has 0 aliphatic heterocycles. The first-order valence-electron chi connectivity index (χ1n) is 7.10. The minimum absolute atomic E-state index is 0.0924. The van der Waals surface area contributed by atoms with Gasteiger partial charge in [-0.3, -0.25) is 4.79 Å². The SMILES string of the molecule is C[C@@H](NC(=O)c1csc(Cl)c1)c1ncnn1-c1ncc(C(F)(F)F)cn1. The molecule has 0 aromatic carbocycles. The second-order valence-corrected chi connectivity index (χ2v) is 6.68. The van der Waals surface area contributed by atoms with Crippen LogP contribution in [0.4, 0.5) is 13.2 Å². The average Bonchev–Trinajstić information content (AvgIpc) is 3.23. The zero-order chi connectivity index (χ0) is 18.9. The fourth-order valence-electron chi connectivity index (χ4n) is 2.05. The van der Waals surface area contributed by atoms with Crippen molar-refractivity contribution in [1.29, 1.82) is 0 Å². The molecule has 12 heteroatoms. The van der Waals surface area contributed by atoms with Crippen LogP contribution in [0.2, 0.25) is 4.34 Å². The lowest BCUT2D eigenvalue weighted by Crippen LogP contribution is -2.28. The van der Waals surface area contributed by atoms with Crippen molar-refractivity contribution in [2.45, 2.75) is 19.1 Å². The molecule has 3 aromatic rings. The average molecular weight is 403 g/mol. The smallest absolute Gasteiger partial charge is 0.342 e. The molecule has 0 unspecified atom stereocenters. The van der Waals surface area contributed by atoms with Gasteiger partial charge in [0.15, 0.2) is 5.82 Å². The summed E-state index contributed by atoms with van der Waals surface area (Å²) in [6.07, 6.45) is -2.03. The third-order valence-electron chi connectivity index (χ3n) is 3.29. The maximum Gasteiger partial charge on any atom is 0.419 e. The van der Waals surface area contributed by atoms with Gasteiger partial charge in [-0.1, -0.05) is 11.6 Å². The lowest BCUT2D eigenvalue weighted by atomic mass is 10.2. The van der Waals surface area contributed by atoms with Gasteiger partial charge in [0.2, 0.25) is 0 Å². The molecule has 0 aliphatic carbocycles. The van der Waals surface area contributed by atoms with E-state index in [0.29, 0.717) is 22.3 Å². The van der Waals surface area contributed by atoms with Crippen molar-refractivity contribution in [3.63, 3.8) is 0 Å². The number of hydrogen-bond donors (Lipinski definition) is 1. The number of nitrogens with zero attached hydrogens (tertiary/aromatic N) is 5. The monoisotopic (exact) mass is 402 g/mol. The van der Waals surface area contributed by atoms with E-state index >= 15 is 0 Å². The number of nitrogens with one attached hydrogen (secondary N) is 1. The molecule has 0 bridgehead atoms. The zero-order valence-corrected chi connectivity index (χ0v) is 14.6. The fraction of sp³-hybridized carbons (Fsp3) is 0.214. The first-order valence-corrected chi connectivity index (χ1v) is 8.36. The van der Waals surface area contributed by atoms with Gasteiger partial charge >= 0.3 is 6.18 Å². The second kappa shape index (κ2) is 7.00. The topological polar surface area (TPSA) is 85.6 Å². The van der Waals surface area contributed by atoms with Crippen LogP contribution in [0.25, 0.3) is 5.95 Å². The first kappa shape index (κ1) is 18.3. The van der Waals surface area contributed by atoms with Gasteiger partial charge in [-0.2, -0.15) is 23.0 Å². The molecule has 26 heavy (non-hydrogen) atoms. The van der Waals surface area contributed by atoms with Crippen molar-refractivity contribution in [3.05, 3.63) is 51.5 Å². The number of rotatable bonds is 4. The molecule has 0 spiro atoms. The fourth-order valence-corrected chi connectivity index (χ4v) is 2.91. The summed E-state index contributed by atoms with van der Waals surface area (Å²) in [7, 11) is 0. The molecule has 0 saturated heterocycles. The van der Waals surface area contributed by atoms with E-state index in [0.717, 1.165) is 4.68 Å². The molecule has 1 amide bonds. The number of amides is 1. The highest BCUT2D eigenvalue weighted by Crippen LogP contribution is 2.28. The van der Waals surface area contributed by atoms with Crippen LogP contribution < -0.4 is 5.32 Å². The quantitative estimate of drug-likeness (QED) is 0.723. The molecule has 7 nitrogen and oxygen atoms in total. The van der Waals surface area contributed by atoms with Gasteiger partial charge < -0.3 is 5.32 Å². The summed E-state index contributed by atoms with van der Waals surface area (Å²) in [4.78, 5) is 23.6. The Morgan fingerprint density at radius 1 is 1.31 bits per heavy atom. The standard InChI is InChI=1S/C14H10ClF3N6OS/c1-7(23-12(25)8-2-10(15)26-5-8)11-21-6-22-24(11)13-19-3-9(4-20-13)14(16,17)18/h2-7H,1H3,(H,23,25)/t7-/m1/s1. The van der Waals surface area contributed by atoms with E-state index in [2.05, 4.69) is 25.4 Å². The molecule has 3 heterocycles. The van der Waals surface area contributed by atoms with Gasteiger partial charge in [-0.25, -0.2) is 15.0 Å². The Morgan fingerprint density at radius 3 is 2.58 bits per heavy atom. The van der Waals surface area contributed by atoms with Gasteiger partial charge in [0.05, 0.1) is 21.5 Å². The number of halogens is 4. The van der Waals surface area contributed by atoms with Crippen LogP contribution in [-0.2, 0) is 6.18 Å². The molecule has 136 valence electrons. The molecule has 1 atom stereocenters. The molecule has 0 aliphatic rings. The van der Waals surface area contributed by atoms with E-state index < -0.39 is 17.8 Å². The maximum atomic E-state index is 12.6. The predicted molar refractivity (Wildman–Crippen MR) is 87.2 cm³/mol. The van der Waals surface area contributed by atoms with Crippen LogP contribution in [0.15, 0.2) is 30.2 Å². The number of carbonyl (C=O) groups is 1. The minimum atomic E-state index is -4.53. The van der Waals surface area contributed by atoms with Gasteiger partial charge in [-0.15, -0.1) is 11.3 Å². The van der Waals surface area contributed by atoms with Crippen molar-refractivity contribution in [1.82, 2.24) is 30.0 Å².